The second-order valence-electron chi connectivity index (χ2n) is 8.35. The minimum atomic E-state index is -1.38. The van der Waals surface area contributed by atoms with Crippen LogP contribution in [-0.4, -0.2) is 60.5 Å². The van der Waals surface area contributed by atoms with Crippen LogP contribution in [0.2, 0.25) is 0 Å². The van der Waals surface area contributed by atoms with Gasteiger partial charge in [-0.15, -0.1) is 0 Å². The number of hydrogen-bond donors (Lipinski definition) is 4. The van der Waals surface area contributed by atoms with Crippen LogP contribution in [0.5, 0.6) is 0 Å². The van der Waals surface area contributed by atoms with E-state index in [0.717, 1.165) is 11.1 Å². The van der Waals surface area contributed by atoms with Gasteiger partial charge >= 0.3 is 0 Å². The number of hydrogen-bond acceptors (Lipinski definition) is 6. The van der Waals surface area contributed by atoms with Gasteiger partial charge in [0, 0.05) is 13.1 Å². The first kappa shape index (κ1) is 26.5. The van der Waals surface area contributed by atoms with Crippen LogP contribution in [0.4, 0.5) is 0 Å². The minimum absolute atomic E-state index is 0.0414. The van der Waals surface area contributed by atoms with E-state index >= 15 is 0 Å². The van der Waals surface area contributed by atoms with Gasteiger partial charge in [0.2, 0.25) is 11.8 Å². The normalized spacial score (nSPS) is 13.2. The van der Waals surface area contributed by atoms with Crippen molar-refractivity contribution >= 4 is 11.8 Å². The van der Waals surface area contributed by atoms with Crippen LogP contribution in [0, 0.1) is 5.41 Å². The molecule has 2 aromatic carbocycles. The van der Waals surface area contributed by atoms with Gasteiger partial charge in [0.15, 0.2) is 0 Å². The predicted molar refractivity (Wildman–Crippen MR) is 124 cm³/mol. The maximum Gasteiger partial charge on any atom is 0.235 e. The van der Waals surface area contributed by atoms with Crippen molar-refractivity contribution in [3.8, 4) is 0 Å². The fraction of sp³-hybridized carbons (Fsp3) is 0.440. The van der Waals surface area contributed by atoms with E-state index in [9.17, 15) is 19.8 Å². The van der Waals surface area contributed by atoms with Gasteiger partial charge in [-0.25, -0.2) is 0 Å². The van der Waals surface area contributed by atoms with E-state index in [4.69, 9.17) is 9.47 Å². The summed E-state index contributed by atoms with van der Waals surface area (Å²) in [6, 6.07) is 19.1. The number of amides is 2. The van der Waals surface area contributed by atoms with Crippen molar-refractivity contribution in [2.75, 3.05) is 26.3 Å². The Kier molecular flexibility index (Phi) is 11.0. The molecule has 8 nitrogen and oxygen atoms in total. The van der Waals surface area contributed by atoms with Gasteiger partial charge in [-0.1, -0.05) is 60.7 Å². The van der Waals surface area contributed by atoms with Gasteiger partial charge < -0.3 is 30.3 Å². The molecular weight excluding hydrogens is 424 g/mol. The number of nitrogens with one attached hydrogen (secondary N) is 2. The van der Waals surface area contributed by atoms with E-state index in [1.54, 1.807) is 0 Å². The average Bonchev–Trinajstić information content (AvgIpc) is 2.82. The summed E-state index contributed by atoms with van der Waals surface area (Å²) in [5.74, 6) is -1.06. The second kappa shape index (κ2) is 13.7. The molecule has 0 saturated heterocycles. The Bertz CT molecular complexity index is 775. The van der Waals surface area contributed by atoms with Crippen LogP contribution in [0.3, 0.4) is 0 Å². The zero-order valence-corrected chi connectivity index (χ0v) is 19.2. The van der Waals surface area contributed by atoms with Crippen molar-refractivity contribution in [2.24, 2.45) is 5.41 Å². The molecule has 0 fully saturated rings. The van der Waals surface area contributed by atoms with Gasteiger partial charge in [0.25, 0.3) is 0 Å². The molecule has 0 aliphatic heterocycles. The van der Waals surface area contributed by atoms with Crippen molar-refractivity contribution in [3.05, 3.63) is 71.8 Å². The van der Waals surface area contributed by atoms with Gasteiger partial charge in [-0.2, -0.15) is 0 Å². The molecule has 0 radical (unpaired) electrons. The molecule has 0 saturated carbocycles. The molecule has 180 valence electrons. The first-order valence-electron chi connectivity index (χ1n) is 10.9. The number of aliphatic hydroxyl groups is 2. The Morgan fingerprint density at radius 3 is 1.48 bits per heavy atom. The molecule has 2 atom stereocenters. The highest BCUT2D eigenvalue weighted by atomic mass is 16.5. The molecule has 0 unspecified atom stereocenters. The third-order valence-corrected chi connectivity index (χ3v) is 4.98. The Hall–Kier alpha value is -2.78. The monoisotopic (exact) mass is 458 g/mol. The number of ether oxygens (including phenoxy) is 2. The Labute approximate surface area is 194 Å². The van der Waals surface area contributed by atoms with Crippen molar-refractivity contribution in [2.45, 2.75) is 39.3 Å². The van der Waals surface area contributed by atoms with Crippen LogP contribution in [-0.2, 0) is 32.3 Å². The molecule has 2 rings (SSSR count). The fourth-order valence-electron chi connectivity index (χ4n) is 2.86. The first-order chi connectivity index (χ1) is 15.8. The maximum atomic E-state index is 12.5. The van der Waals surface area contributed by atoms with Crippen molar-refractivity contribution in [1.82, 2.24) is 10.6 Å². The van der Waals surface area contributed by atoms with Crippen LogP contribution in [0.25, 0.3) is 0 Å². The number of rotatable bonds is 14. The third kappa shape index (κ3) is 9.71. The Balaban J connectivity index is 1.63. The summed E-state index contributed by atoms with van der Waals surface area (Å²) in [4.78, 5) is 24.9. The van der Waals surface area contributed by atoms with Crippen LogP contribution in [0.15, 0.2) is 60.7 Å². The molecule has 2 aromatic rings. The van der Waals surface area contributed by atoms with Crippen molar-refractivity contribution in [1.29, 1.82) is 0 Å². The summed E-state index contributed by atoms with van der Waals surface area (Å²) < 4.78 is 10.9. The molecule has 0 aromatic heterocycles. The fourth-order valence-corrected chi connectivity index (χ4v) is 2.86. The van der Waals surface area contributed by atoms with E-state index in [1.165, 1.54) is 13.8 Å². The number of benzene rings is 2. The van der Waals surface area contributed by atoms with Crippen molar-refractivity contribution < 1.29 is 29.3 Å². The van der Waals surface area contributed by atoms with Crippen molar-refractivity contribution in [3.63, 3.8) is 0 Å². The molecule has 0 bridgehead atoms. The van der Waals surface area contributed by atoms with Gasteiger partial charge in [0.1, 0.15) is 5.41 Å². The number of carbonyl (C=O) groups excluding carboxylic acids is 2. The molecular formula is C25H34N2O6. The lowest BCUT2D eigenvalue weighted by atomic mass is 9.91. The zero-order chi connectivity index (χ0) is 24.1. The van der Waals surface area contributed by atoms with E-state index in [-0.39, 0.29) is 26.3 Å². The third-order valence-electron chi connectivity index (χ3n) is 4.98. The molecule has 0 spiro atoms. The summed E-state index contributed by atoms with van der Waals surface area (Å²) in [6.45, 7) is 3.70. The summed E-state index contributed by atoms with van der Waals surface area (Å²) in [5, 5.41) is 25.2. The zero-order valence-electron chi connectivity index (χ0n) is 19.2. The minimum Gasteiger partial charge on any atom is -0.389 e. The second-order valence-corrected chi connectivity index (χ2v) is 8.35. The molecule has 0 aliphatic carbocycles. The first-order valence-corrected chi connectivity index (χ1v) is 10.9. The Morgan fingerprint density at radius 2 is 1.12 bits per heavy atom. The van der Waals surface area contributed by atoms with Crippen LogP contribution >= 0.6 is 0 Å². The van der Waals surface area contributed by atoms with Crippen LogP contribution in [0.1, 0.15) is 25.0 Å². The quantitative estimate of drug-likeness (QED) is 0.318. The van der Waals surface area contributed by atoms with E-state index in [1.807, 2.05) is 60.7 Å². The van der Waals surface area contributed by atoms with Gasteiger partial charge in [-0.3, -0.25) is 9.59 Å². The number of carbonyl (C=O) groups is 2. The molecule has 4 N–H and O–H groups in total. The predicted octanol–water partition coefficient (Wildman–Crippen LogP) is 1.40. The maximum absolute atomic E-state index is 12.5. The molecule has 33 heavy (non-hydrogen) atoms. The standard InChI is InChI=1S/C25H34N2O6/c1-25(2,23(30)26-13-21(28)17-32-15-19-9-5-3-6-10-19)24(31)27-14-22(29)18-33-16-20-11-7-4-8-12-20/h3-12,21-22,28-29H,13-18H2,1-2H3,(H,26,30)(H,27,31)/t21-,22-/m0/s1. The molecule has 0 heterocycles. The lowest BCUT2D eigenvalue weighted by molar-refractivity contribution is -0.142. The van der Waals surface area contributed by atoms with E-state index in [0.29, 0.717) is 13.2 Å². The van der Waals surface area contributed by atoms with Gasteiger partial charge in [0.05, 0.1) is 38.6 Å². The Morgan fingerprint density at radius 1 is 0.758 bits per heavy atom. The lowest BCUT2D eigenvalue weighted by Crippen LogP contribution is -2.51. The van der Waals surface area contributed by atoms with E-state index in [2.05, 4.69) is 10.6 Å². The summed E-state index contributed by atoms with van der Waals surface area (Å²) in [5.41, 5.74) is 0.591. The number of aliphatic hydroxyl groups excluding tert-OH is 2. The average molecular weight is 459 g/mol. The van der Waals surface area contributed by atoms with Crippen LogP contribution < -0.4 is 10.6 Å². The highest BCUT2D eigenvalue weighted by Gasteiger charge is 2.36. The smallest absolute Gasteiger partial charge is 0.235 e. The van der Waals surface area contributed by atoms with E-state index < -0.39 is 29.4 Å². The molecule has 0 aliphatic rings. The highest BCUT2D eigenvalue weighted by Crippen LogP contribution is 2.15. The lowest BCUT2D eigenvalue weighted by Gasteiger charge is -2.24. The van der Waals surface area contributed by atoms with Gasteiger partial charge in [-0.05, 0) is 25.0 Å². The molecule has 2 amide bonds. The largest absolute Gasteiger partial charge is 0.389 e. The topological polar surface area (TPSA) is 117 Å². The summed E-state index contributed by atoms with van der Waals surface area (Å²) in [6.07, 6.45) is -1.81. The SMILES string of the molecule is CC(C)(C(=O)NC[C@H](O)COCc1ccccc1)C(=O)NC[C@H](O)COCc1ccccc1. The molecule has 8 heteroatoms. The highest BCUT2D eigenvalue weighted by molar-refractivity contribution is 6.04. The summed E-state index contributed by atoms with van der Waals surface area (Å²) in [7, 11) is 0. The summed E-state index contributed by atoms with van der Waals surface area (Å²) >= 11 is 0.